The van der Waals surface area contributed by atoms with Gasteiger partial charge in [0, 0.05) is 12.0 Å². The molecule has 2 bridgehead atoms. The van der Waals surface area contributed by atoms with Gasteiger partial charge in [-0.05, 0) is 13.3 Å². The van der Waals surface area contributed by atoms with E-state index in [2.05, 4.69) is 5.32 Å². The molecule has 5 atom stereocenters. The van der Waals surface area contributed by atoms with Crippen LogP contribution in [0.25, 0.3) is 0 Å². The summed E-state index contributed by atoms with van der Waals surface area (Å²) in [5.74, 6) is 0. The van der Waals surface area contributed by atoms with E-state index in [0.29, 0.717) is 0 Å². The van der Waals surface area contributed by atoms with Gasteiger partial charge in [0.15, 0.2) is 0 Å². The molecule has 0 aromatic heterocycles. The van der Waals surface area contributed by atoms with Crippen molar-refractivity contribution >= 4 is 0 Å². The van der Waals surface area contributed by atoms with Crippen LogP contribution >= 0.6 is 0 Å². The van der Waals surface area contributed by atoms with E-state index in [9.17, 15) is 20.4 Å². The molecule has 5 N–H and O–H groups in total. The fourth-order valence-electron chi connectivity index (χ4n) is 2.39. The van der Waals surface area contributed by atoms with Gasteiger partial charge in [-0.25, -0.2) is 0 Å². The summed E-state index contributed by atoms with van der Waals surface area (Å²) in [6.45, 7) is 1.73. The molecular formula is C8H15NO4. The molecule has 0 aromatic rings. The predicted octanol–water partition coefficient (Wildman–Crippen LogP) is -2.09. The molecule has 0 spiro atoms. The number of rotatable bonds is 0. The number of piperidine rings is 1. The first-order valence-electron chi connectivity index (χ1n) is 4.43. The van der Waals surface area contributed by atoms with Crippen LogP contribution in [0.15, 0.2) is 0 Å². The smallest absolute Gasteiger partial charge is 0.147 e. The van der Waals surface area contributed by atoms with Gasteiger partial charge in [-0.3, -0.25) is 5.32 Å². The third kappa shape index (κ3) is 1.12. The fourth-order valence-corrected chi connectivity index (χ4v) is 2.39. The van der Waals surface area contributed by atoms with Crippen molar-refractivity contribution in [3.63, 3.8) is 0 Å². The Morgan fingerprint density at radius 2 is 1.85 bits per heavy atom. The Morgan fingerprint density at radius 3 is 2.46 bits per heavy atom. The Morgan fingerprint density at radius 1 is 1.23 bits per heavy atom. The summed E-state index contributed by atoms with van der Waals surface area (Å²) >= 11 is 0. The molecule has 5 heteroatoms. The molecule has 2 fully saturated rings. The number of aliphatic hydroxyl groups is 4. The Kier molecular flexibility index (Phi) is 1.75. The largest absolute Gasteiger partial charge is 0.391 e. The number of hydrogen-bond acceptors (Lipinski definition) is 5. The van der Waals surface area contributed by atoms with Crippen molar-refractivity contribution in [2.24, 2.45) is 0 Å². The Hall–Kier alpha value is -0.200. The molecule has 76 valence electrons. The van der Waals surface area contributed by atoms with E-state index in [0.717, 1.165) is 0 Å². The highest BCUT2D eigenvalue weighted by Crippen LogP contribution is 2.40. The molecule has 0 unspecified atom stereocenters. The molecule has 0 radical (unpaired) electrons. The molecule has 13 heavy (non-hydrogen) atoms. The lowest BCUT2D eigenvalue weighted by Crippen LogP contribution is -2.66. The second-order valence-corrected chi connectivity index (χ2v) is 4.40. The van der Waals surface area contributed by atoms with E-state index >= 15 is 0 Å². The maximum Gasteiger partial charge on any atom is 0.147 e. The molecule has 2 heterocycles. The molecule has 2 saturated heterocycles. The SMILES string of the molecule is C[C@]12C[C@@H](O)[C@H](O)[C@](O)(C[C@H]1O)N2. The third-order valence-corrected chi connectivity index (χ3v) is 3.23. The second kappa shape index (κ2) is 2.43. The van der Waals surface area contributed by atoms with Crippen molar-refractivity contribution in [1.82, 2.24) is 5.32 Å². The molecular weight excluding hydrogens is 174 g/mol. The van der Waals surface area contributed by atoms with E-state index in [1.165, 1.54) is 0 Å². The first-order chi connectivity index (χ1) is 5.87. The van der Waals surface area contributed by atoms with Crippen LogP contribution in [0.1, 0.15) is 19.8 Å². The lowest BCUT2D eigenvalue weighted by atomic mass is 9.87. The number of aliphatic hydroxyl groups excluding tert-OH is 3. The highest BCUT2D eigenvalue weighted by Gasteiger charge is 2.60. The van der Waals surface area contributed by atoms with Crippen molar-refractivity contribution in [1.29, 1.82) is 0 Å². The van der Waals surface area contributed by atoms with Crippen molar-refractivity contribution < 1.29 is 20.4 Å². The zero-order valence-electron chi connectivity index (χ0n) is 7.44. The van der Waals surface area contributed by atoms with Crippen LogP contribution in [0.4, 0.5) is 0 Å². The molecule has 0 aromatic carbocycles. The van der Waals surface area contributed by atoms with Crippen molar-refractivity contribution in [2.75, 3.05) is 0 Å². The van der Waals surface area contributed by atoms with E-state index in [-0.39, 0.29) is 12.8 Å². The minimum Gasteiger partial charge on any atom is -0.391 e. The maximum absolute atomic E-state index is 9.82. The fraction of sp³-hybridized carbons (Fsp3) is 1.00. The summed E-state index contributed by atoms with van der Waals surface area (Å²) in [4.78, 5) is 0. The summed E-state index contributed by atoms with van der Waals surface area (Å²) in [7, 11) is 0. The quantitative estimate of drug-likeness (QED) is 0.301. The Bertz CT molecular complexity index is 236. The Balaban J connectivity index is 2.33. The van der Waals surface area contributed by atoms with E-state index in [1.807, 2.05) is 0 Å². The van der Waals surface area contributed by atoms with E-state index in [4.69, 9.17) is 0 Å². The molecule has 0 amide bonds. The van der Waals surface area contributed by atoms with E-state index < -0.39 is 29.6 Å². The average molecular weight is 189 g/mol. The third-order valence-electron chi connectivity index (χ3n) is 3.23. The summed E-state index contributed by atoms with van der Waals surface area (Å²) in [6.07, 6.45) is -2.63. The topological polar surface area (TPSA) is 93.0 Å². The predicted molar refractivity (Wildman–Crippen MR) is 43.7 cm³/mol. The minimum atomic E-state index is -1.54. The van der Waals surface area contributed by atoms with Crippen LogP contribution in [0.3, 0.4) is 0 Å². The molecule has 2 aliphatic rings. The minimum absolute atomic E-state index is 0.0573. The van der Waals surface area contributed by atoms with Crippen LogP contribution in [0.5, 0.6) is 0 Å². The summed E-state index contributed by atoms with van der Waals surface area (Å²) in [5, 5.41) is 41.1. The van der Waals surface area contributed by atoms with Gasteiger partial charge in [-0.2, -0.15) is 0 Å². The van der Waals surface area contributed by atoms with Crippen molar-refractivity contribution in [2.45, 2.75) is 49.3 Å². The lowest BCUT2D eigenvalue weighted by molar-refractivity contribution is -0.162. The van der Waals surface area contributed by atoms with Crippen LogP contribution < -0.4 is 5.32 Å². The zero-order chi connectivity index (χ0) is 9.85. The zero-order valence-corrected chi connectivity index (χ0v) is 7.44. The number of nitrogens with one attached hydrogen (secondary N) is 1. The van der Waals surface area contributed by atoms with Crippen molar-refractivity contribution in [3.8, 4) is 0 Å². The van der Waals surface area contributed by atoms with Crippen LogP contribution in [0.2, 0.25) is 0 Å². The molecule has 2 rings (SSSR count). The number of fused-ring (bicyclic) bond motifs is 2. The first-order valence-corrected chi connectivity index (χ1v) is 4.43. The highest BCUT2D eigenvalue weighted by atomic mass is 16.4. The Labute approximate surface area is 76.0 Å². The molecule has 2 aliphatic heterocycles. The second-order valence-electron chi connectivity index (χ2n) is 4.40. The maximum atomic E-state index is 9.82. The van der Waals surface area contributed by atoms with Gasteiger partial charge in [-0.1, -0.05) is 0 Å². The van der Waals surface area contributed by atoms with Gasteiger partial charge < -0.3 is 20.4 Å². The monoisotopic (exact) mass is 189 g/mol. The van der Waals surface area contributed by atoms with Gasteiger partial charge in [-0.15, -0.1) is 0 Å². The standard InChI is InChI=1S/C8H15NO4/c1-7-2-4(10)6(12)8(13,9-7)3-5(7)11/h4-6,9-13H,2-3H2,1H3/t4-,5-,6+,7+,8-/m1/s1. The van der Waals surface area contributed by atoms with Gasteiger partial charge in [0.1, 0.15) is 11.8 Å². The molecule has 5 nitrogen and oxygen atoms in total. The lowest BCUT2D eigenvalue weighted by Gasteiger charge is -2.42. The summed E-state index contributed by atoms with van der Waals surface area (Å²) in [6, 6.07) is 0. The van der Waals surface area contributed by atoms with Gasteiger partial charge in [0.2, 0.25) is 0 Å². The van der Waals surface area contributed by atoms with Gasteiger partial charge in [0.25, 0.3) is 0 Å². The highest BCUT2D eigenvalue weighted by molar-refractivity contribution is 5.14. The first kappa shape index (κ1) is 9.36. The summed E-state index contributed by atoms with van der Waals surface area (Å²) in [5.41, 5.74) is -2.22. The van der Waals surface area contributed by atoms with Gasteiger partial charge >= 0.3 is 0 Å². The molecule has 0 aliphatic carbocycles. The van der Waals surface area contributed by atoms with Crippen molar-refractivity contribution in [3.05, 3.63) is 0 Å². The molecule has 0 saturated carbocycles. The average Bonchev–Trinajstić information content (AvgIpc) is 2.18. The normalized spacial score (nSPS) is 61.2. The van der Waals surface area contributed by atoms with Crippen LogP contribution in [-0.2, 0) is 0 Å². The summed E-state index contributed by atoms with van der Waals surface area (Å²) < 4.78 is 0. The van der Waals surface area contributed by atoms with Crippen LogP contribution in [-0.4, -0.2) is 50.0 Å². The van der Waals surface area contributed by atoms with Gasteiger partial charge in [0.05, 0.1) is 12.2 Å². The number of hydrogen-bond donors (Lipinski definition) is 5. The van der Waals surface area contributed by atoms with Crippen LogP contribution in [0, 0.1) is 0 Å². The van der Waals surface area contributed by atoms with E-state index in [1.54, 1.807) is 6.92 Å².